The Balaban J connectivity index is 2.23. The second-order valence-electron chi connectivity index (χ2n) is 4.62. The van der Waals surface area contributed by atoms with Crippen molar-refractivity contribution in [3.05, 3.63) is 24.7 Å². The van der Waals surface area contributed by atoms with E-state index in [1.54, 1.807) is 17.2 Å². The number of nitrogens with one attached hydrogen (secondary N) is 1. The molecular weight excluding hydrogens is 293 g/mol. The maximum atomic E-state index is 10.1. The molecule has 1 fully saturated rings. The Labute approximate surface area is 121 Å². The van der Waals surface area contributed by atoms with E-state index in [0.717, 1.165) is 0 Å². The van der Waals surface area contributed by atoms with Crippen LogP contribution in [0.5, 0.6) is 0 Å². The Morgan fingerprint density at radius 1 is 1.63 bits per heavy atom. The van der Waals surface area contributed by atoms with Gasteiger partial charge in [-0.25, -0.2) is 0 Å². The zero-order valence-corrected chi connectivity index (χ0v) is 11.7. The van der Waals surface area contributed by atoms with Crippen LogP contribution in [0, 0.1) is 0 Å². The summed E-state index contributed by atoms with van der Waals surface area (Å²) in [6.45, 7) is 3.40. The van der Waals surface area contributed by atoms with Crippen molar-refractivity contribution >= 4 is 23.2 Å². The first-order valence-corrected chi connectivity index (χ1v) is 6.77. The normalized spacial score (nSPS) is 42.6. The van der Waals surface area contributed by atoms with Gasteiger partial charge in [-0.15, -0.1) is 23.2 Å². The summed E-state index contributed by atoms with van der Waals surface area (Å²) >= 11 is 12.0. The SMILES string of the molecule is C=C1NC(N)C=CN1[C@@H]1O[C@@](CO)(CCl)[C@@H](O)[C@H]1Cl. The van der Waals surface area contributed by atoms with Gasteiger partial charge in [0, 0.05) is 6.20 Å². The predicted octanol–water partition coefficient (Wildman–Crippen LogP) is -0.544. The minimum Gasteiger partial charge on any atom is -0.393 e. The summed E-state index contributed by atoms with van der Waals surface area (Å²) in [6, 6.07) is 0. The molecule has 5 atom stereocenters. The molecule has 0 aromatic rings. The van der Waals surface area contributed by atoms with Gasteiger partial charge >= 0.3 is 0 Å². The van der Waals surface area contributed by atoms with E-state index in [2.05, 4.69) is 11.9 Å². The Bertz CT molecular complexity index is 389. The van der Waals surface area contributed by atoms with Gasteiger partial charge in [0.05, 0.1) is 18.7 Å². The van der Waals surface area contributed by atoms with E-state index in [-0.39, 0.29) is 12.0 Å². The zero-order valence-electron chi connectivity index (χ0n) is 10.2. The molecule has 0 aromatic carbocycles. The average molecular weight is 310 g/mol. The number of rotatable bonds is 3. The quantitative estimate of drug-likeness (QED) is 0.523. The highest BCUT2D eigenvalue weighted by atomic mass is 35.5. The molecule has 2 heterocycles. The third-order valence-electron chi connectivity index (χ3n) is 3.34. The van der Waals surface area contributed by atoms with Crippen LogP contribution in [-0.4, -0.2) is 57.1 Å². The maximum Gasteiger partial charge on any atom is 0.155 e. The molecule has 19 heavy (non-hydrogen) atoms. The summed E-state index contributed by atoms with van der Waals surface area (Å²) in [5.41, 5.74) is 4.41. The van der Waals surface area contributed by atoms with Crippen molar-refractivity contribution in [1.82, 2.24) is 10.2 Å². The van der Waals surface area contributed by atoms with Crippen LogP contribution in [0.4, 0.5) is 0 Å². The van der Waals surface area contributed by atoms with Crippen LogP contribution >= 0.6 is 23.2 Å². The van der Waals surface area contributed by atoms with Crippen LogP contribution in [0.2, 0.25) is 0 Å². The van der Waals surface area contributed by atoms with Gasteiger partial charge < -0.3 is 30.9 Å². The lowest BCUT2D eigenvalue weighted by atomic mass is 10.00. The molecule has 0 radical (unpaired) electrons. The molecule has 1 saturated heterocycles. The minimum atomic E-state index is -1.27. The molecule has 0 aromatic heterocycles. The Morgan fingerprint density at radius 2 is 2.32 bits per heavy atom. The zero-order chi connectivity index (χ0) is 14.2. The topological polar surface area (TPSA) is 91.0 Å². The number of nitrogens with two attached hydrogens (primary N) is 1. The highest BCUT2D eigenvalue weighted by Crippen LogP contribution is 2.38. The molecule has 2 aliphatic rings. The molecule has 0 saturated carbocycles. The number of halogens is 2. The van der Waals surface area contributed by atoms with E-state index in [0.29, 0.717) is 5.82 Å². The van der Waals surface area contributed by atoms with Gasteiger partial charge in [-0.2, -0.15) is 0 Å². The van der Waals surface area contributed by atoms with Crippen LogP contribution in [0.25, 0.3) is 0 Å². The third-order valence-corrected chi connectivity index (χ3v) is 4.24. The molecule has 0 amide bonds. The second-order valence-corrected chi connectivity index (χ2v) is 5.39. The second kappa shape index (κ2) is 5.47. The van der Waals surface area contributed by atoms with Crippen molar-refractivity contribution in [2.75, 3.05) is 12.5 Å². The molecule has 0 bridgehead atoms. The summed E-state index contributed by atoms with van der Waals surface area (Å²) in [5, 5.41) is 21.7. The summed E-state index contributed by atoms with van der Waals surface area (Å²) in [5.74, 6) is 0.433. The average Bonchev–Trinajstić information content (AvgIpc) is 2.64. The fourth-order valence-electron chi connectivity index (χ4n) is 2.14. The molecule has 108 valence electrons. The molecule has 2 aliphatic heterocycles. The molecule has 2 rings (SSSR count). The van der Waals surface area contributed by atoms with Gasteiger partial charge in [0.2, 0.25) is 0 Å². The molecule has 0 spiro atoms. The third kappa shape index (κ3) is 2.44. The number of hydrogen-bond acceptors (Lipinski definition) is 6. The fourth-order valence-corrected chi connectivity index (χ4v) is 2.85. The number of alkyl halides is 2. The largest absolute Gasteiger partial charge is 0.393 e. The van der Waals surface area contributed by atoms with Crippen molar-refractivity contribution in [3.63, 3.8) is 0 Å². The summed E-state index contributed by atoms with van der Waals surface area (Å²) in [7, 11) is 0. The number of nitrogens with zero attached hydrogens (tertiary/aromatic N) is 1. The number of ether oxygens (including phenoxy) is 1. The first-order chi connectivity index (χ1) is 8.95. The highest BCUT2D eigenvalue weighted by Gasteiger charge is 2.55. The lowest BCUT2D eigenvalue weighted by Crippen LogP contribution is -2.48. The van der Waals surface area contributed by atoms with E-state index >= 15 is 0 Å². The Kier molecular flexibility index (Phi) is 4.29. The molecule has 0 aliphatic carbocycles. The lowest BCUT2D eigenvalue weighted by Gasteiger charge is -2.35. The summed E-state index contributed by atoms with van der Waals surface area (Å²) < 4.78 is 5.69. The van der Waals surface area contributed by atoms with Crippen LogP contribution in [0.3, 0.4) is 0 Å². The molecule has 1 unspecified atom stereocenters. The monoisotopic (exact) mass is 309 g/mol. The van der Waals surface area contributed by atoms with Gasteiger partial charge in [-0.3, -0.25) is 0 Å². The molecular formula is C11H17Cl2N3O3. The van der Waals surface area contributed by atoms with Gasteiger partial charge in [-0.05, 0) is 6.08 Å². The van der Waals surface area contributed by atoms with Crippen molar-refractivity contribution in [3.8, 4) is 0 Å². The first-order valence-electron chi connectivity index (χ1n) is 5.79. The van der Waals surface area contributed by atoms with E-state index < -0.39 is 29.9 Å². The summed E-state index contributed by atoms with van der Waals surface area (Å²) in [4.78, 5) is 1.62. The van der Waals surface area contributed by atoms with E-state index in [1.165, 1.54) is 0 Å². The Hall–Kier alpha value is -0.500. The first kappa shape index (κ1) is 14.9. The van der Waals surface area contributed by atoms with E-state index in [4.69, 9.17) is 33.7 Å². The van der Waals surface area contributed by atoms with Crippen molar-refractivity contribution < 1.29 is 14.9 Å². The van der Waals surface area contributed by atoms with Crippen LogP contribution in [-0.2, 0) is 4.74 Å². The molecule has 8 heteroatoms. The number of hydrogen-bond donors (Lipinski definition) is 4. The van der Waals surface area contributed by atoms with Gasteiger partial charge in [0.1, 0.15) is 22.9 Å². The van der Waals surface area contributed by atoms with Gasteiger partial charge in [0.15, 0.2) is 6.23 Å². The van der Waals surface area contributed by atoms with Crippen molar-refractivity contribution in [2.24, 2.45) is 5.73 Å². The van der Waals surface area contributed by atoms with Crippen molar-refractivity contribution in [1.29, 1.82) is 0 Å². The van der Waals surface area contributed by atoms with Crippen LogP contribution in [0.1, 0.15) is 0 Å². The Morgan fingerprint density at radius 3 is 2.79 bits per heavy atom. The van der Waals surface area contributed by atoms with Gasteiger partial charge in [-0.1, -0.05) is 6.58 Å². The molecule has 5 N–H and O–H groups in total. The number of aliphatic hydroxyl groups is 2. The number of aliphatic hydroxyl groups excluding tert-OH is 2. The molecule has 6 nitrogen and oxygen atoms in total. The van der Waals surface area contributed by atoms with Crippen molar-refractivity contribution in [2.45, 2.75) is 29.5 Å². The lowest BCUT2D eigenvalue weighted by molar-refractivity contribution is -0.121. The van der Waals surface area contributed by atoms with Crippen LogP contribution < -0.4 is 11.1 Å². The summed E-state index contributed by atoms with van der Waals surface area (Å²) in [6.07, 6.45) is 1.27. The van der Waals surface area contributed by atoms with Crippen LogP contribution in [0.15, 0.2) is 24.7 Å². The highest BCUT2D eigenvalue weighted by molar-refractivity contribution is 6.22. The predicted molar refractivity (Wildman–Crippen MR) is 72.3 cm³/mol. The fraction of sp³-hybridized carbons (Fsp3) is 0.636. The smallest absolute Gasteiger partial charge is 0.155 e. The minimum absolute atomic E-state index is 0.0681. The van der Waals surface area contributed by atoms with E-state index in [1.807, 2.05) is 0 Å². The van der Waals surface area contributed by atoms with E-state index in [9.17, 15) is 10.2 Å². The van der Waals surface area contributed by atoms with Gasteiger partial charge in [0.25, 0.3) is 0 Å². The standard InChI is InChI=1S/C11H17Cl2N3O3/c1-6-15-7(14)2-3-16(6)10-8(13)9(18)11(4-12,5-17)19-10/h2-3,7-10,15,17-18H,1,4-5,14H2/t7?,8-,9+,10-,11-/m1/s1. The maximum absolute atomic E-state index is 10.1.